The van der Waals surface area contributed by atoms with Crippen molar-refractivity contribution in [3.63, 3.8) is 0 Å². The van der Waals surface area contributed by atoms with Gasteiger partial charge in [-0.3, -0.25) is 0 Å². The summed E-state index contributed by atoms with van der Waals surface area (Å²) in [5.74, 6) is 0. The molecule has 3 heteroatoms. The van der Waals surface area contributed by atoms with Gasteiger partial charge in [0.05, 0.1) is 0 Å². The normalized spacial score (nSPS) is 21.3. The van der Waals surface area contributed by atoms with Crippen molar-refractivity contribution in [1.29, 1.82) is 0 Å². The van der Waals surface area contributed by atoms with Crippen LogP contribution in [0.4, 0.5) is 0 Å². The van der Waals surface area contributed by atoms with E-state index in [1.807, 2.05) is 0 Å². The average Bonchev–Trinajstić information content (AvgIpc) is 2.83. The maximum Gasteiger partial charge on any atom is -1.00 e. The van der Waals surface area contributed by atoms with E-state index in [9.17, 15) is 0 Å². The van der Waals surface area contributed by atoms with E-state index in [0.29, 0.717) is 0 Å². The van der Waals surface area contributed by atoms with Gasteiger partial charge in [-0.15, -0.1) is 0 Å². The summed E-state index contributed by atoms with van der Waals surface area (Å²) in [5, 5.41) is 0. The van der Waals surface area contributed by atoms with Crippen LogP contribution in [0.5, 0.6) is 0 Å². The van der Waals surface area contributed by atoms with Crippen LogP contribution in [-0.4, -0.2) is 0 Å². The first-order chi connectivity index (χ1) is 9.84. The Balaban J connectivity index is 0.00000132. The molecule has 122 valence electrons. The third-order valence-corrected chi connectivity index (χ3v) is 11.3. The van der Waals surface area contributed by atoms with Crippen LogP contribution in [0.15, 0.2) is 49.8 Å². The zero-order chi connectivity index (χ0) is 15.4. The predicted octanol–water partition coefficient (Wildman–Crippen LogP) is -0.115. The van der Waals surface area contributed by atoms with Gasteiger partial charge < -0.3 is 24.8 Å². The van der Waals surface area contributed by atoms with E-state index in [4.69, 9.17) is 0 Å². The van der Waals surface area contributed by atoms with Crippen LogP contribution in [0.1, 0.15) is 56.3 Å². The molecule has 1 atom stereocenters. The molecule has 0 bridgehead atoms. The monoisotopic (exact) mass is 424 g/mol. The minimum absolute atomic E-state index is 0. The summed E-state index contributed by atoms with van der Waals surface area (Å²) in [6.45, 7) is 14.2. The minimum atomic E-state index is -0.673. The second-order valence-electron chi connectivity index (χ2n) is 6.97. The summed E-state index contributed by atoms with van der Waals surface area (Å²) in [6, 6.07) is 8.98. The second kappa shape index (κ2) is 7.42. The van der Waals surface area contributed by atoms with Crippen LogP contribution >= 0.6 is 0 Å². The largest absolute Gasteiger partial charge is 1.00 e. The number of rotatable bonds is 2. The summed E-state index contributed by atoms with van der Waals surface area (Å²) in [4.78, 5) is 0. The fourth-order valence-corrected chi connectivity index (χ4v) is 8.54. The summed E-state index contributed by atoms with van der Waals surface area (Å²) in [7, 11) is 0. The molecule has 0 aromatic heterocycles. The summed E-state index contributed by atoms with van der Waals surface area (Å²) in [6.07, 6.45) is 2.41. The SMILES string of the molecule is CC1=Cc2ccccc2[CH]1[Zr+2][C]1=C(C)C(C)=C(C)C1(C)C.[Cl-].[Cl-]. The molecule has 0 saturated heterocycles. The molecule has 2 aliphatic rings. The van der Waals surface area contributed by atoms with E-state index in [0.717, 1.165) is 3.63 Å². The molecule has 0 amide bonds. The number of benzene rings is 1. The quantitative estimate of drug-likeness (QED) is 0.619. The van der Waals surface area contributed by atoms with Crippen molar-refractivity contribution in [2.75, 3.05) is 0 Å². The third kappa shape index (κ3) is 3.35. The fraction of sp³-hybridized carbons (Fsp3) is 0.400. The minimum Gasteiger partial charge on any atom is -1.00 e. The van der Waals surface area contributed by atoms with Gasteiger partial charge >= 0.3 is 141 Å². The van der Waals surface area contributed by atoms with Gasteiger partial charge in [-0.2, -0.15) is 0 Å². The summed E-state index contributed by atoms with van der Waals surface area (Å²) < 4.78 is 2.53. The first-order valence-electron chi connectivity index (χ1n) is 7.77. The van der Waals surface area contributed by atoms with E-state index >= 15 is 0 Å². The Morgan fingerprint density at radius 1 is 0.913 bits per heavy atom. The van der Waals surface area contributed by atoms with Gasteiger partial charge in [0.25, 0.3) is 0 Å². The van der Waals surface area contributed by atoms with E-state index in [1.54, 1.807) is 31.1 Å². The molecule has 0 aliphatic heterocycles. The van der Waals surface area contributed by atoms with Gasteiger partial charge in [0.15, 0.2) is 0 Å². The van der Waals surface area contributed by atoms with Crippen molar-refractivity contribution in [3.8, 4) is 0 Å². The molecule has 2 aliphatic carbocycles. The average molecular weight is 427 g/mol. The Morgan fingerprint density at radius 3 is 2.09 bits per heavy atom. The summed E-state index contributed by atoms with van der Waals surface area (Å²) in [5.41, 5.74) is 9.64. The van der Waals surface area contributed by atoms with Crippen LogP contribution in [0.3, 0.4) is 0 Å². The van der Waals surface area contributed by atoms with Crippen molar-refractivity contribution in [2.24, 2.45) is 5.41 Å². The zero-order valence-corrected chi connectivity index (χ0v) is 18.7. The van der Waals surface area contributed by atoms with Crippen LogP contribution in [0.25, 0.3) is 6.08 Å². The van der Waals surface area contributed by atoms with E-state index < -0.39 is 23.2 Å². The Bertz CT molecular complexity index is 708. The maximum absolute atomic E-state index is 2.43. The Morgan fingerprint density at radius 2 is 1.52 bits per heavy atom. The molecule has 0 nitrogen and oxygen atoms in total. The second-order valence-corrected chi connectivity index (χ2v) is 10.3. The number of hydrogen-bond acceptors (Lipinski definition) is 0. The Hall–Kier alpha value is -0.0969. The van der Waals surface area contributed by atoms with Crippen LogP contribution < -0.4 is 24.8 Å². The molecular formula is C20H24Cl2Zr. The Labute approximate surface area is 164 Å². The van der Waals surface area contributed by atoms with Crippen LogP contribution in [0.2, 0.25) is 0 Å². The zero-order valence-electron chi connectivity index (χ0n) is 14.7. The molecule has 1 aromatic rings. The molecule has 1 unspecified atom stereocenters. The summed E-state index contributed by atoms with van der Waals surface area (Å²) >= 11 is -0.673. The first kappa shape index (κ1) is 20.9. The van der Waals surface area contributed by atoms with Gasteiger partial charge in [-0.1, -0.05) is 0 Å². The fourth-order valence-electron chi connectivity index (χ4n) is 3.70. The number of halogens is 2. The predicted molar refractivity (Wildman–Crippen MR) is 87.7 cm³/mol. The topological polar surface area (TPSA) is 0 Å². The van der Waals surface area contributed by atoms with E-state index in [1.165, 1.54) is 5.56 Å². The van der Waals surface area contributed by atoms with Crippen molar-refractivity contribution in [3.05, 3.63) is 61.0 Å². The maximum atomic E-state index is 2.43. The van der Waals surface area contributed by atoms with Crippen LogP contribution in [-0.2, 0) is 23.2 Å². The molecule has 0 radical (unpaired) electrons. The molecule has 3 rings (SSSR count). The molecule has 0 spiro atoms. The molecule has 0 fully saturated rings. The molecule has 0 N–H and O–H groups in total. The number of allylic oxidation sites excluding steroid dienone is 5. The van der Waals surface area contributed by atoms with Crippen molar-refractivity contribution in [1.82, 2.24) is 0 Å². The Kier molecular flexibility index (Phi) is 6.76. The smallest absolute Gasteiger partial charge is 1.00 e. The van der Waals surface area contributed by atoms with Crippen molar-refractivity contribution >= 4 is 6.08 Å². The van der Waals surface area contributed by atoms with Gasteiger partial charge in [0.2, 0.25) is 0 Å². The van der Waals surface area contributed by atoms with E-state index in [2.05, 4.69) is 71.9 Å². The van der Waals surface area contributed by atoms with Crippen LogP contribution in [0, 0.1) is 5.41 Å². The van der Waals surface area contributed by atoms with Gasteiger partial charge in [0.1, 0.15) is 0 Å². The van der Waals surface area contributed by atoms with Crippen molar-refractivity contribution in [2.45, 2.75) is 45.2 Å². The standard InChI is InChI=1S/C10H9.C10H15.2ClH.Zr/c1-8-6-9-4-2-3-5-10(9)7-8;1-7-6-10(4,5)9(3)8(7)2;;;/h2-7H,1H3;1-5H3;2*1H;/q;;;;+2/p-2. The molecule has 0 heterocycles. The first-order valence-corrected chi connectivity index (χ1v) is 10.4. The molecule has 0 saturated carbocycles. The van der Waals surface area contributed by atoms with E-state index in [-0.39, 0.29) is 30.2 Å². The molecule has 1 aromatic carbocycles. The molecular weight excluding hydrogens is 402 g/mol. The van der Waals surface area contributed by atoms with Gasteiger partial charge in [0, 0.05) is 0 Å². The molecule has 23 heavy (non-hydrogen) atoms. The van der Waals surface area contributed by atoms with Gasteiger partial charge in [-0.05, 0) is 0 Å². The third-order valence-electron chi connectivity index (χ3n) is 5.50. The number of hydrogen-bond donors (Lipinski definition) is 0. The van der Waals surface area contributed by atoms with Gasteiger partial charge in [-0.25, -0.2) is 0 Å². The number of fused-ring (bicyclic) bond motifs is 1. The van der Waals surface area contributed by atoms with Crippen molar-refractivity contribution < 1.29 is 48.0 Å².